The van der Waals surface area contributed by atoms with Crippen LogP contribution in [0.2, 0.25) is 0 Å². The molecule has 29 heavy (non-hydrogen) atoms. The number of benzene rings is 2. The molecule has 0 aliphatic heterocycles. The van der Waals surface area contributed by atoms with Crippen LogP contribution in [0.25, 0.3) is 0 Å². The van der Waals surface area contributed by atoms with Crippen LogP contribution in [-0.4, -0.2) is 3.21 Å². The van der Waals surface area contributed by atoms with Crippen LogP contribution in [0, 0.1) is 12.2 Å². The average molecular weight is 501 g/mol. The van der Waals surface area contributed by atoms with E-state index in [2.05, 4.69) is 99.7 Å². The van der Waals surface area contributed by atoms with Crippen LogP contribution in [0.4, 0.5) is 0 Å². The molecule has 0 nitrogen and oxygen atoms in total. The SMILES string of the molecule is CC1=[C-]CC(C)=C1C.[C-]1=CC=CC1.[Cl-].[Cl-].[Zr+2]=[C](c1ccccc1)c1ccccc1. The van der Waals surface area contributed by atoms with Gasteiger partial charge in [-0.15, -0.1) is 19.8 Å². The predicted octanol–water partition coefficient (Wildman–Crippen LogP) is 0.592. The van der Waals surface area contributed by atoms with Crippen LogP contribution < -0.4 is 24.8 Å². The van der Waals surface area contributed by atoms with E-state index in [1.54, 1.807) is 0 Å². The van der Waals surface area contributed by atoms with Crippen molar-refractivity contribution < 1.29 is 49.0 Å². The molecular weight excluding hydrogens is 474 g/mol. The number of hydrogen-bond acceptors (Lipinski definition) is 0. The molecule has 2 aromatic carbocycles. The van der Waals surface area contributed by atoms with Gasteiger partial charge in [0.1, 0.15) is 0 Å². The van der Waals surface area contributed by atoms with Gasteiger partial charge in [0, 0.05) is 0 Å². The van der Waals surface area contributed by atoms with Crippen molar-refractivity contribution in [2.24, 2.45) is 0 Å². The maximum atomic E-state index is 3.26. The summed E-state index contributed by atoms with van der Waals surface area (Å²) in [5, 5.41) is 0. The van der Waals surface area contributed by atoms with Gasteiger partial charge in [0.05, 0.1) is 0 Å². The van der Waals surface area contributed by atoms with E-state index in [0.717, 1.165) is 12.8 Å². The van der Waals surface area contributed by atoms with Crippen molar-refractivity contribution in [2.75, 3.05) is 0 Å². The molecule has 0 amide bonds. The van der Waals surface area contributed by atoms with E-state index >= 15 is 0 Å². The molecule has 2 aliphatic carbocycles. The van der Waals surface area contributed by atoms with E-state index in [1.807, 2.05) is 12.2 Å². The van der Waals surface area contributed by atoms with Gasteiger partial charge in [-0.25, -0.2) is 17.7 Å². The summed E-state index contributed by atoms with van der Waals surface area (Å²) < 4.78 is 1.42. The van der Waals surface area contributed by atoms with E-state index in [-0.39, 0.29) is 24.8 Å². The van der Waals surface area contributed by atoms with Gasteiger partial charge in [-0.2, -0.15) is 17.2 Å². The minimum atomic E-state index is 0. The van der Waals surface area contributed by atoms with Gasteiger partial charge in [0.2, 0.25) is 0 Å². The molecule has 0 atom stereocenters. The van der Waals surface area contributed by atoms with Crippen LogP contribution in [0.3, 0.4) is 0 Å². The Morgan fingerprint density at radius 1 is 0.828 bits per heavy atom. The van der Waals surface area contributed by atoms with E-state index in [9.17, 15) is 0 Å². The van der Waals surface area contributed by atoms with Crippen LogP contribution in [0.15, 0.2) is 95.6 Å². The minimum absolute atomic E-state index is 0. The Hall–Kier alpha value is -1.27. The molecule has 0 saturated heterocycles. The summed E-state index contributed by atoms with van der Waals surface area (Å²) in [6.07, 6.45) is 14.3. The molecule has 2 aliphatic rings. The molecule has 0 saturated carbocycles. The molecular formula is C26H26Cl2Zr-2. The third-order valence-electron chi connectivity index (χ3n) is 4.53. The first-order valence-corrected chi connectivity index (χ1v) is 10.5. The zero-order valence-corrected chi connectivity index (χ0v) is 21.1. The second-order valence-electron chi connectivity index (χ2n) is 6.49. The van der Waals surface area contributed by atoms with Gasteiger partial charge < -0.3 is 24.8 Å². The quantitative estimate of drug-likeness (QED) is 0.530. The maximum absolute atomic E-state index is 3.26. The summed E-state index contributed by atoms with van der Waals surface area (Å²) in [7, 11) is 0. The second kappa shape index (κ2) is 15.6. The van der Waals surface area contributed by atoms with Crippen LogP contribution in [0.1, 0.15) is 44.7 Å². The Labute approximate surface area is 203 Å². The first kappa shape index (κ1) is 27.7. The molecule has 150 valence electrons. The third-order valence-corrected chi connectivity index (χ3v) is 5.95. The number of rotatable bonds is 2. The Bertz CT molecular complexity index is 803. The molecule has 0 N–H and O–H groups in total. The van der Waals surface area contributed by atoms with Gasteiger partial charge in [0.25, 0.3) is 0 Å². The topological polar surface area (TPSA) is 0 Å². The molecule has 0 heterocycles. The van der Waals surface area contributed by atoms with Crippen molar-refractivity contribution in [1.29, 1.82) is 0 Å². The number of allylic oxidation sites excluding steroid dienone is 8. The molecule has 0 radical (unpaired) electrons. The summed E-state index contributed by atoms with van der Waals surface area (Å²) >= 11 is 1.46. The molecule has 0 spiro atoms. The van der Waals surface area contributed by atoms with E-state index in [1.165, 1.54) is 55.3 Å². The van der Waals surface area contributed by atoms with Gasteiger partial charge in [0.15, 0.2) is 0 Å². The first-order valence-electron chi connectivity index (χ1n) is 9.25. The summed E-state index contributed by atoms with van der Waals surface area (Å²) in [6.45, 7) is 6.44. The van der Waals surface area contributed by atoms with Crippen molar-refractivity contribution in [1.82, 2.24) is 0 Å². The van der Waals surface area contributed by atoms with E-state index in [4.69, 9.17) is 0 Å². The monoisotopic (exact) mass is 498 g/mol. The Morgan fingerprint density at radius 3 is 1.59 bits per heavy atom. The molecule has 0 aromatic heterocycles. The Kier molecular flexibility index (Phi) is 14.9. The van der Waals surface area contributed by atoms with E-state index < -0.39 is 0 Å². The summed E-state index contributed by atoms with van der Waals surface area (Å²) in [4.78, 5) is 0. The van der Waals surface area contributed by atoms with Crippen LogP contribution >= 0.6 is 0 Å². The zero-order chi connectivity index (χ0) is 19.5. The standard InChI is InChI=1S/C13H10.C8H11.C5H5.2ClH.Zr/c1-3-7-12(8-4-1)11-13-9-5-2-6-10-13;1-6-4-5-7(2)8(6)3;1-2-4-5-3-1;;;/h1-10H;4H2,1-3H3;1-3H,4H2;2*1H;/q;2*-1;;;+2/p-2. The first-order chi connectivity index (χ1) is 13.1. The molecule has 0 unspecified atom stereocenters. The Balaban J connectivity index is 0.000000445. The van der Waals surface area contributed by atoms with Crippen LogP contribution in [0.5, 0.6) is 0 Å². The molecule has 0 fully saturated rings. The fourth-order valence-electron chi connectivity index (χ4n) is 2.57. The van der Waals surface area contributed by atoms with Gasteiger partial charge in [-0.3, -0.25) is 12.2 Å². The molecule has 3 heteroatoms. The van der Waals surface area contributed by atoms with Crippen molar-refractivity contribution >= 4 is 3.21 Å². The Morgan fingerprint density at radius 2 is 1.34 bits per heavy atom. The summed E-state index contributed by atoms with van der Waals surface area (Å²) in [5.41, 5.74) is 6.91. The average Bonchev–Trinajstić information content (AvgIpc) is 3.40. The normalized spacial score (nSPS) is 13.2. The van der Waals surface area contributed by atoms with Crippen molar-refractivity contribution in [3.05, 3.63) is 119 Å². The molecule has 0 bridgehead atoms. The number of hydrogen-bond donors (Lipinski definition) is 0. The van der Waals surface area contributed by atoms with Crippen molar-refractivity contribution in [2.45, 2.75) is 33.6 Å². The van der Waals surface area contributed by atoms with Crippen molar-refractivity contribution in [3.63, 3.8) is 0 Å². The van der Waals surface area contributed by atoms with Gasteiger partial charge >= 0.3 is 99.2 Å². The molecule has 2 aromatic rings. The van der Waals surface area contributed by atoms with Gasteiger partial charge in [-0.1, -0.05) is 13.8 Å². The van der Waals surface area contributed by atoms with E-state index in [0.29, 0.717) is 0 Å². The fraction of sp³-hybridized carbons (Fsp3) is 0.192. The van der Waals surface area contributed by atoms with Gasteiger partial charge in [-0.05, 0) is 0 Å². The molecule has 4 rings (SSSR count). The number of halogens is 2. The zero-order valence-electron chi connectivity index (χ0n) is 17.2. The fourth-order valence-corrected chi connectivity index (χ4v) is 3.39. The summed E-state index contributed by atoms with van der Waals surface area (Å²) in [5.74, 6) is 0. The second-order valence-corrected chi connectivity index (χ2v) is 7.72. The van der Waals surface area contributed by atoms with Crippen molar-refractivity contribution in [3.8, 4) is 0 Å². The summed E-state index contributed by atoms with van der Waals surface area (Å²) in [6, 6.07) is 21.1. The van der Waals surface area contributed by atoms with Crippen LogP contribution in [-0.2, 0) is 24.2 Å². The predicted molar refractivity (Wildman–Crippen MR) is 113 cm³/mol. The third kappa shape index (κ3) is 9.86.